The lowest BCUT2D eigenvalue weighted by Gasteiger charge is -2.22. The lowest BCUT2D eigenvalue weighted by Crippen LogP contribution is -2.25. The number of hydrogen-bond donors (Lipinski definition) is 2. The number of aliphatic hydroxyl groups is 1. The fourth-order valence-corrected chi connectivity index (χ4v) is 2.52. The molecule has 0 saturated carbocycles. The van der Waals surface area contributed by atoms with Crippen LogP contribution in [-0.4, -0.2) is 27.7 Å². The van der Waals surface area contributed by atoms with E-state index in [2.05, 4.69) is 4.98 Å². The molecule has 0 bridgehead atoms. The Labute approximate surface area is 127 Å². The van der Waals surface area contributed by atoms with Crippen molar-refractivity contribution in [3.05, 3.63) is 45.3 Å². The summed E-state index contributed by atoms with van der Waals surface area (Å²) in [6, 6.07) is 3.73. The van der Waals surface area contributed by atoms with Crippen molar-refractivity contribution >= 4 is 29.4 Å². The second kappa shape index (κ2) is 5.75. The summed E-state index contributed by atoms with van der Waals surface area (Å²) in [6.45, 7) is 1.74. The monoisotopic (exact) mass is 310 g/mol. The molecule has 6 nitrogen and oxygen atoms in total. The summed E-state index contributed by atoms with van der Waals surface area (Å²) in [6.07, 6.45) is 3.21. The number of aromatic amines is 1. The summed E-state index contributed by atoms with van der Waals surface area (Å²) in [5.41, 5.74) is 2.58. The molecule has 112 valence electrons. The van der Waals surface area contributed by atoms with E-state index in [0.717, 1.165) is 27.8 Å². The van der Waals surface area contributed by atoms with Crippen molar-refractivity contribution in [2.45, 2.75) is 19.4 Å². The number of rotatable bonds is 2. The maximum Gasteiger partial charge on any atom is 0.243 e. The zero-order chi connectivity index (χ0) is 14.3. The Morgan fingerprint density at radius 1 is 1.57 bits per heavy atom. The van der Waals surface area contributed by atoms with Crippen molar-refractivity contribution in [2.75, 3.05) is 6.61 Å². The highest BCUT2D eigenvalue weighted by Gasteiger charge is 2.22. The van der Waals surface area contributed by atoms with Crippen molar-refractivity contribution in [1.82, 2.24) is 4.98 Å². The average Bonchev–Trinajstić information content (AvgIpc) is 2.82. The molecule has 1 aliphatic heterocycles. The molecule has 7 heteroatoms. The van der Waals surface area contributed by atoms with Gasteiger partial charge in [-0.05, 0) is 12.1 Å². The van der Waals surface area contributed by atoms with Gasteiger partial charge in [0, 0.05) is 47.6 Å². The van der Waals surface area contributed by atoms with Crippen LogP contribution in [0.2, 0.25) is 0 Å². The summed E-state index contributed by atoms with van der Waals surface area (Å²) in [5, 5.41) is 21.4. The van der Waals surface area contributed by atoms with Gasteiger partial charge in [0.05, 0.1) is 11.0 Å². The summed E-state index contributed by atoms with van der Waals surface area (Å²) >= 11 is 0. The molecule has 1 aromatic heterocycles. The number of benzene rings is 1. The van der Waals surface area contributed by atoms with Crippen LogP contribution in [0, 0.1) is 10.1 Å². The largest absolute Gasteiger partial charge is 0.491 e. The van der Waals surface area contributed by atoms with Crippen LogP contribution in [0.4, 0.5) is 0 Å². The second-order valence-corrected chi connectivity index (χ2v) is 4.92. The van der Waals surface area contributed by atoms with Crippen molar-refractivity contribution < 1.29 is 14.8 Å². The van der Waals surface area contributed by atoms with Crippen LogP contribution < -0.4 is 4.74 Å². The molecule has 0 radical (unpaired) electrons. The number of fused-ring (bicyclic) bond motifs is 3. The molecule has 1 aliphatic rings. The van der Waals surface area contributed by atoms with Crippen LogP contribution in [-0.2, 0) is 6.42 Å². The van der Waals surface area contributed by atoms with Crippen molar-refractivity contribution in [3.63, 3.8) is 0 Å². The molecule has 0 aliphatic carbocycles. The van der Waals surface area contributed by atoms with Crippen LogP contribution in [0.1, 0.15) is 18.1 Å². The van der Waals surface area contributed by atoms with Crippen LogP contribution in [0.5, 0.6) is 5.75 Å². The summed E-state index contributed by atoms with van der Waals surface area (Å²) in [5.74, 6) is 0.732. The predicted molar refractivity (Wildman–Crippen MR) is 81.4 cm³/mol. The first-order chi connectivity index (χ1) is 9.56. The third-order valence-corrected chi connectivity index (χ3v) is 3.47. The Morgan fingerprint density at radius 3 is 3.05 bits per heavy atom. The first-order valence-corrected chi connectivity index (χ1v) is 6.33. The average molecular weight is 311 g/mol. The van der Waals surface area contributed by atoms with Gasteiger partial charge in [0.2, 0.25) is 5.70 Å². The van der Waals surface area contributed by atoms with E-state index in [1.165, 1.54) is 13.0 Å². The van der Waals surface area contributed by atoms with E-state index < -0.39 is 11.0 Å². The van der Waals surface area contributed by atoms with E-state index >= 15 is 0 Å². The Kier molecular flexibility index (Phi) is 4.20. The Hall–Kier alpha value is -2.05. The molecule has 3 rings (SSSR count). The summed E-state index contributed by atoms with van der Waals surface area (Å²) in [4.78, 5) is 13.4. The van der Waals surface area contributed by atoms with Gasteiger partial charge in [0.15, 0.2) is 0 Å². The molecule has 0 saturated heterocycles. The minimum Gasteiger partial charge on any atom is -0.491 e. The highest BCUT2D eigenvalue weighted by molar-refractivity contribution is 5.93. The van der Waals surface area contributed by atoms with Crippen molar-refractivity contribution in [1.29, 1.82) is 0 Å². The minimum atomic E-state index is -0.545. The number of nitrogens with zero attached hydrogens (tertiary/aromatic N) is 1. The zero-order valence-electron chi connectivity index (χ0n) is 11.3. The van der Waals surface area contributed by atoms with Crippen LogP contribution in [0.3, 0.4) is 0 Å². The Morgan fingerprint density at radius 2 is 2.33 bits per heavy atom. The van der Waals surface area contributed by atoms with E-state index in [-0.39, 0.29) is 24.7 Å². The van der Waals surface area contributed by atoms with Crippen molar-refractivity contribution in [3.8, 4) is 5.75 Å². The fourth-order valence-electron chi connectivity index (χ4n) is 2.52. The number of ether oxygens (including phenoxy) is 1. The molecular formula is C14H15ClN2O4. The number of allylic oxidation sites excluding steroid dienone is 1. The van der Waals surface area contributed by atoms with Crippen molar-refractivity contribution in [2.24, 2.45) is 0 Å². The standard InChI is InChI=1S/C14H14N2O4.ClH/c1-8(16(18)19)4-9-6-15-12-2-3-13-11(14(9)12)5-10(17)7-20-13;/h2-4,6,10,15,17H,5,7H2,1H3;1H/b8-4+;. The molecule has 2 heterocycles. The summed E-state index contributed by atoms with van der Waals surface area (Å²) in [7, 11) is 0. The maximum atomic E-state index is 10.8. The van der Waals surface area contributed by atoms with E-state index in [0.29, 0.717) is 6.42 Å². The molecule has 0 fully saturated rings. The lowest BCUT2D eigenvalue weighted by atomic mass is 9.98. The number of nitrogens with one attached hydrogen (secondary N) is 1. The number of halogens is 1. The van der Waals surface area contributed by atoms with Gasteiger partial charge in [-0.25, -0.2) is 0 Å². The lowest BCUT2D eigenvalue weighted by molar-refractivity contribution is -0.422. The van der Waals surface area contributed by atoms with Gasteiger partial charge in [-0.2, -0.15) is 0 Å². The van der Waals surface area contributed by atoms with E-state index in [4.69, 9.17) is 4.74 Å². The number of H-pyrrole nitrogens is 1. The molecule has 2 N–H and O–H groups in total. The van der Waals surface area contributed by atoms with Gasteiger partial charge in [-0.15, -0.1) is 12.4 Å². The molecular weight excluding hydrogens is 296 g/mol. The molecule has 1 atom stereocenters. The van der Waals surface area contributed by atoms with Gasteiger partial charge in [0.1, 0.15) is 12.4 Å². The third-order valence-electron chi connectivity index (χ3n) is 3.47. The maximum absolute atomic E-state index is 10.8. The molecule has 1 unspecified atom stereocenters. The van der Waals surface area contributed by atoms with E-state index in [1.807, 2.05) is 12.1 Å². The van der Waals surface area contributed by atoms with E-state index in [1.54, 1.807) is 6.20 Å². The van der Waals surface area contributed by atoms with Gasteiger partial charge in [-0.1, -0.05) is 0 Å². The van der Waals surface area contributed by atoms with E-state index in [9.17, 15) is 15.2 Å². The topological polar surface area (TPSA) is 88.4 Å². The normalized spacial score (nSPS) is 17.8. The molecule has 1 aromatic carbocycles. The van der Waals surface area contributed by atoms with Gasteiger partial charge >= 0.3 is 0 Å². The first-order valence-electron chi connectivity index (χ1n) is 6.33. The van der Waals surface area contributed by atoms with Gasteiger partial charge < -0.3 is 14.8 Å². The van der Waals surface area contributed by atoms with Gasteiger partial charge in [-0.3, -0.25) is 10.1 Å². The second-order valence-electron chi connectivity index (χ2n) is 4.92. The highest BCUT2D eigenvalue weighted by Crippen LogP contribution is 2.34. The van der Waals surface area contributed by atoms with Crippen LogP contribution in [0.25, 0.3) is 17.0 Å². The van der Waals surface area contributed by atoms with Crippen LogP contribution >= 0.6 is 12.4 Å². The van der Waals surface area contributed by atoms with Gasteiger partial charge in [0.25, 0.3) is 0 Å². The number of nitro groups is 1. The van der Waals surface area contributed by atoms with Crippen LogP contribution in [0.15, 0.2) is 24.0 Å². The third kappa shape index (κ3) is 2.72. The number of aromatic nitrogens is 1. The first kappa shape index (κ1) is 15.3. The quantitative estimate of drug-likeness (QED) is 0.659. The fraction of sp³-hybridized carbons (Fsp3) is 0.286. The summed E-state index contributed by atoms with van der Waals surface area (Å²) < 4.78 is 5.50. The molecule has 0 amide bonds. The highest BCUT2D eigenvalue weighted by atomic mass is 35.5. The zero-order valence-corrected chi connectivity index (χ0v) is 12.1. The molecule has 2 aromatic rings. The Bertz CT molecular complexity index is 723. The number of hydrogen-bond acceptors (Lipinski definition) is 4. The number of aliphatic hydroxyl groups excluding tert-OH is 1. The molecule has 21 heavy (non-hydrogen) atoms. The smallest absolute Gasteiger partial charge is 0.243 e. The minimum absolute atomic E-state index is 0. The SMILES string of the molecule is C/C(=C\c1c[nH]c2ccc3c(c12)CC(O)CO3)[N+](=O)[O-].Cl. The Balaban J connectivity index is 0.00000161. The molecule has 0 spiro atoms. The predicted octanol–water partition coefficient (Wildman–Crippen LogP) is 2.52.